The molecule has 0 fully saturated rings. The summed E-state index contributed by atoms with van der Waals surface area (Å²) >= 11 is 5.90. The number of fused-ring (bicyclic) bond motifs is 1. The number of carbonyl (C=O) groups is 1. The number of hydrogen-bond donors (Lipinski definition) is 2. The van der Waals surface area contributed by atoms with E-state index in [2.05, 4.69) is 21.8 Å². The maximum atomic E-state index is 13.7. The van der Waals surface area contributed by atoms with Crippen LogP contribution in [-0.4, -0.2) is 68.1 Å². The van der Waals surface area contributed by atoms with Crippen molar-refractivity contribution in [2.24, 2.45) is 5.92 Å². The molecule has 1 aliphatic rings. The summed E-state index contributed by atoms with van der Waals surface area (Å²) in [5.74, 6) is 0.00804. The van der Waals surface area contributed by atoms with Crippen molar-refractivity contribution in [3.8, 4) is 5.75 Å². The molecular formula is C29H34ClN3O5S. The smallest absolute Gasteiger partial charge is 0.261 e. The van der Waals surface area contributed by atoms with Crippen molar-refractivity contribution >= 4 is 33.2 Å². The van der Waals surface area contributed by atoms with Crippen LogP contribution in [0.2, 0.25) is 5.02 Å². The fraction of sp³-hybridized carbons (Fsp3) is 0.345. The van der Waals surface area contributed by atoms with Crippen molar-refractivity contribution in [3.05, 3.63) is 88.9 Å². The number of likely N-dealkylation sites (N-methyl/N-ethyl adjacent to an activating group) is 1. The maximum Gasteiger partial charge on any atom is 0.261 e. The van der Waals surface area contributed by atoms with Gasteiger partial charge in [0.25, 0.3) is 15.9 Å². The normalized spacial score (nSPS) is 18.6. The van der Waals surface area contributed by atoms with Gasteiger partial charge in [0, 0.05) is 36.3 Å². The summed E-state index contributed by atoms with van der Waals surface area (Å²) in [6, 6.07) is 20.2. The molecule has 208 valence electrons. The number of aliphatic hydroxyl groups is 1. The summed E-state index contributed by atoms with van der Waals surface area (Å²) in [6.45, 7) is 5.35. The quantitative estimate of drug-likeness (QED) is 0.392. The molecule has 0 saturated heterocycles. The van der Waals surface area contributed by atoms with Gasteiger partial charge in [-0.1, -0.05) is 48.9 Å². The van der Waals surface area contributed by atoms with E-state index in [4.69, 9.17) is 16.3 Å². The van der Waals surface area contributed by atoms with E-state index in [1.54, 1.807) is 24.0 Å². The van der Waals surface area contributed by atoms with Crippen LogP contribution in [-0.2, 0) is 16.6 Å². The van der Waals surface area contributed by atoms with Crippen molar-refractivity contribution in [1.29, 1.82) is 0 Å². The third-order valence-corrected chi connectivity index (χ3v) is 8.48. The maximum absolute atomic E-state index is 13.7. The topological polar surface area (TPSA) is 99.2 Å². The Kier molecular flexibility index (Phi) is 9.17. The average molecular weight is 572 g/mol. The monoisotopic (exact) mass is 571 g/mol. The second-order valence-corrected chi connectivity index (χ2v) is 12.2. The number of aliphatic hydroxyl groups excluding tert-OH is 1. The van der Waals surface area contributed by atoms with Crippen LogP contribution >= 0.6 is 11.6 Å². The molecule has 1 aliphatic heterocycles. The molecule has 0 spiro atoms. The van der Waals surface area contributed by atoms with Crippen molar-refractivity contribution in [1.82, 2.24) is 9.80 Å². The zero-order chi connectivity index (χ0) is 28.2. The first-order valence-electron chi connectivity index (χ1n) is 12.8. The summed E-state index contributed by atoms with van der Waals surface area (Å²) < 4.78 is 34.9. The molecular weight excluding hydrogens is 538 g/mol. The van der Waals surface area contributed by atoms with E-state index in [1.807, 2.05) is 32.2 Å². The third-order valence-electron chi connectivity index (χ3n) is 6.83. The highest BCUT2D eigenvalue weighted by Crippen LogP contribution is 2.31. The van der Waals surface area contributed by atoms with Crippen LogP contribution in [0, 0.1) is 5.92 Å². The summed E-state index contributed by atoms with van der Waals surface area (Å²) in [4.78, 5) is 17.5. The van der Waals surface area contributed by atoms with Crippen molar-refractivity contribution < 1.29 is 23.1 Å². The number of anilines is 1. The zero-order valence-electron chi connectivity index (χ0n) is 22.2. The number of ether oxygens (including phenoxy) is 1. The summed E-state index contributed by atoms with van der Waals surface area (Å²) in [5.41, 5.74) is 1.64. The number of nitrogens with zero attached hydrogens (tertiary/aromatic N) is 2. The van der Waals surface area contributed by atoms with E-state index in [0.29, 0.717) is 23.9 Å². The molecule has 0 bridgehead atoms. The predicted octanol–water partition coefficient (Wildman–Crippen LogP) is 4.49. The lowest BCUT2D eigenvalue weighted by atomic mass is 9.99. The molecule has 0 aliphatic carbocycles. The van der Waals surface area contributed by atoms with Gasteiger partial charge in [0.15, 0.2) is 0 Å². The molecule has 0 unspecified atom stereocenters. The Morgan fingerprint density at radius 2 is 1.82 bits per heavy atom. The van der Waals surface area contributed by atoms with Gasteiger partial charge in [-0.2, -0.15) is 0 Å². The van der Waals surface area contributed by atoms with Gasteiger partial charge in [-0.25, -0.2) is 8.42 Å². The molecule has 1 amide bonds. The molecule has 3 aromatic rings. The van der Waals surface area contributed by atoms with E-state index >= 15 is 0 Å². The van der Waals surface area contributed by atoms with Gasteiger partial charge in [0.2, 0.25) is 0 Å². The molecule has 0 radical (unpaired) electrons. The molecule has 0 aromatic heterocycles. The van der Waals surface area contributed by atoms with Gasteiger partial charge in [0.1, 0.15) is 11.9 Å². The van der Waals surface area contributed by atoms with Gasteiger partial charge in [-0.15, -0.1) is 0 Å². The standard InChI is InChI=1S/C29H34ClN3O5S/c1-20-16-33(21(2)19-34)29(35)26-15-24(31-39(36,37)25-12-9-23(30)10-13-25)11-14-27(26)38-28(20)18-32(3)17-22-7-5-4-6-8-22/h4-15,20-21,28,31,34H,16-19H2,1-3H3/t20-,21+,28+/m0/s1. The van der Waals surface area contributed by atoms with Crippen molar-refractivity contribution in [2.75, 3.05) is 31.5 Å². The van der Waals surface area contributed by atoms with E-state index < -0.39 is 16.1 Å². The Morgan fingerprint density at radius 1 is 1.13 bits per heavy atom. The minimum atomic E-state index is -3.91. The number of benzene rings is 3. The zero-order valence-corrected chi connectivity index (χ0v) is 23.8. The average Bonchev–Trinajstić information content (AvgIpc) is 2.91. The predicted molar refractivity (Wildman–Crippen MR) is 153 cm³/mol. The van der Waals surface area contributed by atoms with Crippen LogP contribution < -0.4 is 9.46 Å². The molecule has 4 rings (SSSR count). The summed E-state index contributed by atoms with van der Waals surface area (Å²) in [5, 5.41) is 10.3. The highest BCUT2D eigenvalue weighted by molar-refractivity contribution is 7.92. The number of sulfonamides is 1. The van der Waals surface area contributed by atoms with Gasteiger partial charge >= 0.3 is 0 Å². The number of carbonyl (C=O) groups excluding carboxylic acids is 1. The minimum absolute atomic E-state index is 0.0302. The Balaban J connectivity index is 1.63. The first-order valence-corrected chi connectivity index (χ1v) is 14.7. The largest absolute Gasteiger partial charge is 0.488 e. The van der Waals surface area contributed by atoms with E-state index in [0.717, 1.165) is 6.54 Å². The Labute approximate surface area is 235 Å². The molecule has 2 N–H and O–H groups in total. The van der Waals surface area contributed by atoms with E-state index in [9.17, 15) is 18.3 Å². The van der Waals surface area contributed by atoms with Crippen LogP contribution in [0.1, 0.15) is 29.8 Å². The van der Waals surface area contributed by atoms with Crippen molar-refractivity contribution in [3.63, 3.8) is 0 Å². The fourth-order valence-electron chi connectivity index (χ4n) is 4.60. The van der Waals surface area contributed by atoms with Gasteiger partial charge < -0.3 is 14.7 Å². The molecule has 3 aromatic carbocycles. The Hall–Kier alpha value is -3.11. The molecule has 8 nitrogen and oxygen atoms in total. The second kappa shape index (κ2) is 12.4. The Morgan fingerprint density at radius 3 is 2.49 bits per heavy atom. The molecule has 1 heterocycles. The third kappa shape index (κ3) is 7.10. The number of nitrogens with one attached hydrogen (secondary N) is 1. The highest BCUT2D eigenvalue weighted by atomic mass is 35.5. The molecule has 0 saturated carbocycles. The van der Waals surface area contributed by atoms with Gasteiger partial charge in [0.05, 0.1) is 23.1 Å². The summed E-state index contributed by atoms with van der Waals surface area (Å²) in [6.07, 6.45) is -0.254. The van der Waals surface area contributed by atoms with Crippen LogP contribution in [0.15, 0.2) is 77.7 Å². The van der Waals surface area contributed by atoms with E-state index in [-0.39, 0.29) is 40.7 Å². The molecule has 3 atom stereocenters. The van der Waals surface area contributed by atoms with Crippen LogP contribution in [0.4, 0.5) is 5.69 Å². The lowest BCUT2D eigenvalue weighted by molar-refractivity contribution is 0.0341. The molecule has 10 heteroatoms. The minimum Gasteiger partial charge on any atom is -0.488 e. The lowest BCUT2D eigenvalue weighted by Crippen LogP contribution is -2.49. The SMILES string of the molecule is C[C@H](CO)N1C[C@H](C)[C@@H](CN(C)Cc2ccccc2)Oc2ccc(NS(=O)(=O)c3ccc(Cl)cc3)cc2C1=O. The number of hydrogen-bond acceptors (Lipinski definition) is 6. The van der Waals surface area contributed by atoms with Crippen LogP contribution in [0.5, 0.6) is 5.75 Å². The van der Waals surface area contributed by atoms with E-state index in [1.165, 1.54) is 35.9 Å². The lowest BCUT2D eigenvalue weighted by Gasteiger charge is -2.38. The van der Waals surface area contributed by atoms with Gasteiger partial charge in [-0.3, -0.25) is 14.4 Å². The second-order valence-electron chi connectivity index (χ2n) is 10.1. The number of halogens is 1. The van der Waals surface area contributed by atoms with Crippen LogP contribution in [0.3, 0.4) is 0 Å². The first kappa shape index (κ1) is 28.9. The highest BCUT2D eigenvalue weighted by Gasteiger charge is 2.33. The van der Waals surface area contributed by atoms with Gasteiger partial charge in [-0.05, 0) is 62.0 Å². The number of rotatable bonds is 9. The van der Waals surface area contributed by atoms with Crippen LogP contribution in [0.25, 0.3) is 0 Å². The number of amides is 1. The first-order chi connectivity index (χ1) is 18.6. The summed E-state index contributed by atoms with van der Waals surface area (Å²) in [7, 11) is -1.89. The molecule has 39 heavy (non-hydrogen) atoms. The van der Waals surface area contributed by atoms with Crippen molar-refractivity contribution in [2.45, 2.75) is 37.4 Å². The Bertz CT molecular complexity index is 1390. The fourth-order valence-corrected chi connectivity index (χ4v) is 5.77.